The van der Waals surface area contributed by atoms with Crippen LogP contribution >= 0.6 is 0 Å². The van der Waals surface area contributed by atoms with Crippen LogP contribution in [0.3, 0.4) is 0 Å². The largest absolute Gasteiger partial charge is 0.399 e. The van der Waals surface area contributed by atoms with E-state index in [1.54, 1.807) is 32.0 Å². The van der Waals surface area contributed by atoms with E-state index in [9.17, 15) is 8.42 Å². The number of hydrogen-bond donors (Lipinski definition) is 2. The maximum atomic E-state index is 11.6. The van der Waals surface area contributed by atoms with Crippen molar-refractivity contribution in [3.8, 4) is 0 Å². The van der Waals surface area contributed by atoms with Crippen LogP contribution in [0, 0.1) is 6.92 Å². The number of sulfonamides is 1. The molecule has 5 heteroatoms. The molecule has 0 amide bonds. The molecule has 0 aliphatic carbocycles. The average Bonchev–Trinajstić information content (AvgIpc) is 2.09. The number of benzene rings is 1. The Morgan fingerprint density at radius 3 is 2.40 bits per heavy atom. The molecule has 0 bridgehead atoms. The third-order valence-corrected chi connectivity index (χ3v) is 3.87. The average molecular weight is 228 g/mol. The Kier molecular flexibility index (Phi) is 3.24. The van der Waals surface area contributed by atoms with E-state index in [4.69, 9.17) is 5.73 Å². The molecule has 1 aromatic rings. The van der Waals surface area contributed by atoms with Crippen LogP contribution in [-0.4, -0.2) is 13.7 Å². The fraction of sp³-hybridized carbons (Fsp3) is 0.400. The minimum Gasteiger partial charge on any atom is -0.399 e. The minimum absolute atomic E-state index is 0.450. The van der Waals surface area contributed by atoms with Crippen molar-refractivity contribution in [3.05, 3.63) is 23.8 Å². The third-order valence-electron chi connectivity index (χ3n) is 2.12. The van der Waals surface area contributed by atoms with Crippen LogP contribution in [0.4, 0.5) is 11.4 Å². The van der Waals surface area contributed by atoms with Crippen LogP contribution in [0.5, 0.6) is 0 Å². The Morgan fingerprint density at radius 1 is 1.33 bits per heavy atom. The highest BCUT2D eigenvalue weighted by Gasteiger charge is 2.16. The van der Waals surface area contributed by atoms with Crippen molar-refractivity contribution in [2.75, 3.05) is 10.5 Å². The van der Waals surface area contributed by atoms with Crippen LogP contribution in [0.25, 0.3) is 0 Å². The lowest BCUT2D eigenvalue weighted by Crippen LogP contribution is -2.22. The quantitative estimate of drug-likeness (QED) is 0.774. The van der Waals surface area contributed by atoms with E-state index in [-0.39, 0.29) is 0 Å². The summed E-state index contributed by atoms with van der Waals surface area (Å²) in [6, 6.07) is 5.08. The van der Waals surface area contributed by atoms with Gasteiger partial charge in [0.25, 0.3) is 0 Å². The van der Waals surface area contributed by atoms with Gasteiger partial charge in [-0.25, -0.2) is 8.42 Å². The van der Waals surface area contributed by atoms with E-state index >= 15 is 0 Å². The third kappa shape index (κ3) is 2.86. The van der Waals surface area contributed by atoms with Crippen LogP contribution in [-0.2, 0) is 10.0 Å². The first-order chi connectivity index (χ1) is 6.83. The summed E-state index contributed by atoms with van der Waals surface area (Å²) < 4.78 is 25.7. The van der Waals surface area contributed by atoms with Crippen molar-refractivity contribution in [1.29, 1.82) is 0 Å². The summed E-state index contributed by atoms with van der Waals surface area (Å²) in [5.41, 5.74) is 7.60. The normalized spacial score (nSPS) is 11.7. The Labute approximate surface area is 90.5 Å². The van der Waals surface area contributed by atoms with Crippen LogP contribution < -0.4 is 10.5 Å². The second kappa shape index (κ2) is 4.10. The Morgan fingerprint density at radius 2 is 1.93 bits per heavy atom. The van der Waals surface area contributed by atoms with Gasteiger partial charge in [0.05, 0.1) is 10.9 Å². The monoisotopic (exact) mass is 228 g/mol. The lowest BCUT2D eigenvalue weighted by Gasteiger charge is -2.13. The summed E-state index contributed by atoms with van der Waals surface area (Å²) in [6.45, 7) is 5.08. The van der Waals surface area contributed by atoms with Gasteiger partial charge in [0.15, 0.2) is 0 Å². The van der Waals surface area contributed by atoms with Gasteiger partial charge >= 0.3 is 0 Å². The molecule has 0 aliphatic rings. The van der Waals surface area contributed by atoms with E-state index in [2.05, 4.69) is 4.72 Å². The fourth-order valence-corrected chi connectivity index (χ4v) is 1.84. The summed E-state index contributed by atoms with van der Waals surface area (Å²) in [4.78, 5) is 0. The molecule has 3 N–H and O–H groups in total. The smallest absolute Gasteiger partial charge is 0.235 e. The first-order valence-corrected chi connectivity index (χ1v) is 6.25. The topological polar surface area (TPSA) is 72.2 Å². The lowest BCUT2D eigenvalue weighted by molar-refractivity contribution is 0.592. The first-order valence-electron chi connectivity index (χ1n) is 4.70. The molecule has 0 unspecified atom stereocenters. The van der Waals surface area contributed by atoms with Gasteiger partial charge in [-0.05, 0) is 44.5 Å². The standard InChI is InChI=1S/C10H16N2O2S/c1-7(2)15(13,14)12-10-5-4-9(11)6-8(10)3/h4-7,12H,11H2,1-3H3. The van der Waals surface area contributed by atoms with E-state index in [0.29, 0.717) is 11.4 Å². The Balaban J connectivity index is 3.01. The molecule has 1 aromatic carbocycles. The molecular weight excluding hydrogens is 212 g/mol. The van der Waals surface area contributed by atoms with Crippen molar-refractivity contribution in [2.24, 2.45) is 0 Å². The SMILES string of the molecule is Cc1cc(N)ccc1NS(=O)(=O)C(C)C. The van der Waals surface area contributed by atoms with Gasteiger partial charge in [-0.2, -0.15) is 0 Å². The summed E-state index contributed by atoms with van der Waals surface area (Å²) in [5, 5.41) is -0.450. The number of nitrogen functional groups attached to an aromatic ring is 1. The molecule has 0 radical (unpaired) electrons. The van der Waals surface area contributed by atoms with Crippen LogP contribution in [0.15, 0.2) is 18.2 Å². The zero-order valence-corrected chi connectivity index (χ0v) is 9.93. The van der Waals surface area contributed by atoms with Gasteiger partial charge in [-0.1, -0.05) is 0 Å². The molecule has 0 saturated heterocycles. The highest BCUT2D eigenvalue weighted by molar-refractivity contribution is 7.93. The highest BCUT2D eigenvalue weighted by atomic mass is 32.2. The number of nitrogens with two attached hydrogens (primary N) is 1. The minimum atomic E-state index is -3.28. The van der Waals surface area contributed by atoms with Crippen molar-refractivity contribution in [3.63, 3.8) is 0 Å². The van der Waals surface area contributed by atoms with Gasteiger partial charge in [0.1, 0.15) is 0 Å². The fourth-order valence-electron chi connectivity index (χ4n) is 1.07. The molecule has 15 heavy (non-hydrogen) atoms. The molecule has 0 saturated carbocycles. The van der Waals surface area contributed by atoms with Crippen LogP contribution in [0.2, 0.25) is 0 Å². The number of anilines is 2. The van der Waals surface area contributed by atoms with Crippen LogP contribution in [0.1, 0.15) is 19.4 Å². The Hall–Kier alpha value is -1.23. The van der Waals surface area contributed by atoms with E-state index in [0.717, 1.165) is 5.56 Å². The molecule has 0 spiro atoms. The van der Waals surface area contributed by atoms with Gasteiger partial charge in [0.2, 0.25) is 10.0 Å². The second-order valence-electron chi connectivity index (χ2n) is 3.77. The molecule has 0 atom stereocenters. The van der Waals surface area contributed by atoms with Gasteiger partial charge in [-0.15, -0.1) is 0 Å². The van der Waals surface area contributed by atoms with Crippen molar-refractivity contribution in [1.82, 2.24) is 0 Å². The molecule has 0 fully saturated rings. The van der Waals surface area contributed by atoms with E-state index in [1.807, 2.05) is 6.92 Å². The molecular formula is C10H16N2O2S. The predicted molar refractivity (Wildman–Crippen MR) is 63.3 cm³/mol. The molecule has 1 rings (SSSR count). The molecule has 4 nitrogen and oxygen atoms in total. The lowest BCUT2D eigenvalue weighted by atomic mass is 10.2. The number of hydrogen-bond acceptors (Lipinski definition) is 3. The van der Waals surface area contributed by atoms with Gasteiger partial charge < -0.3 is 5.73 Å². The second-order valence-corrected chi connectivity index (χ2v) is 6.01. The molecule has 84 valence electrons. The predicted octanol–water partition coefficient (Wildman–Crippen LogP) is 1.73. The maximum Gasteiger partial charge on any atom is 0.235 e. The Bertz CT molecular complexity index is 452. The molecule has 0 aliphatic heterocycles. The first kappa shape index (κ1) is 11.8. The summed E-state index contributed by atoms with van der Waals surface area (Å²) in [7, 11) is -3.28. The molecule has 0 aromatic heterocycles. The molecule has 0 heterocycles. The zero-order valence-electron chi connectivity index (χ0n) is 9.11. The summed E-state index contributed by atoms with van der Waals surface area (Å²) in [6.07, 6.45) is 0. The number of nitrogens with one attached hydrogen (secondary N) is 1. The van der Waals surface area contributed by atoms with E-state index in [1.165, 1.54) is 0 Å². The van der Waals surface area contributed by atoms with Gasteiger partial charge in [0, 0.05) is 5.69 Å². The highest BCUT2D eigenvalue weighted by Crippen LogP contribution is 2.19. The van der Waals surface area contributed by atoms with Crippen molar-refractivity contribution >= 4 is 21.4 Å². The van der Waals surface area contributed by atoms with Crippen molar-refractivity contribution in [2.45, 2.75) is 26.0 Å². The number of rotatable bonds is 3. The maximum absolute atomic E-state index is 11.6. The zero-order chi connectivity index (χ0) is 11.6. The number of aryl methyl sites for hydroxylation is 1. The van der Waals surface area contributed by atoms with Crippen molar-refractivity contribution < 1.29 is 8.42 Å². The summed E-state index contributed by atoms with van der Waals surface area (Å²) >= 11 is 0. The van der Waals surface area contributed by atoms with Gasteiger partial charge in [-0.3, -0.25) is 4.72 Å². The summed E-state index contributed by atoms with van der Waals surface area (Å²) in [5.74, 6) is 0. The van der Waals surface area contributed by atoms with E-state index < -0.39 is 15.3 Å².